The van der Waals surface area contributed by atoms with Gasteiger partial charge >= 0.3 is 0 Å². The lowest BCUT2D eigenvalue weighted by Gasteiger charge is -2.14. The second-order valence-electron chi connectivity index (χ2n) is 6.72. The fraction of sp³-hybridized carbons (Fsp3) is 0.333. The number of nitrogens with one attached hydrogen (secondary N) is 2. The van der Waals surface area contributed by atoms with E-state index in [1.54, 1.807) is 7.11 Å². The molecule has 0 aliphatic carbocycles. The van der Waals surface area contributed by atoms with Gasteiger partial charge in [0.15, 0.2) is 0 Å². The Kier molecular flexibility index (Phi) is 6.08. The molecule has 1 heterocycles. The predicted octanol–water partition coefficient (Wildman–Crippen LogP) is 3.92. The summed E-state index contributed by atoms with van der Waals surface area (Å²) in [5.41, 5.74) is 3.13. The summed E-state index contributed by atoms with van der Waals surface area (Å²) in [4.78, 5) is 11.6. The first-order chi connectivity index (χ1) is 13.1. The topological polar surface area (TPSA) is 62.3 Å². The average Bonchev–Trinajstić information content (AvgIpc) is 2.67. The maximum Gasteiger partial charge on any atom is 0.229 e. The molecule has 27 heavy (non-hydrogen) atoms. The molecule has 0 radical (unpaired) electrons. The molecule has 142 valence electrons. The fourth-order valence-corrected chi connectivity index (χ4v) is 3.09. The molecule has 2 aromatic carbocycles. The van der Waals surface area contributed by atoms with Crippen LogP contribution < -0.4 is 15.4 Å². The smallest absolute Gasteiger partial charge is 0.229 e. The first-order valence-corrected chi connectivity index (χ1v) is 9.14. The van der Waals surface area contributed by atoms with Crippen molar-refractivity contribution in [1.29, 1.82) is 0 Å². The second-order valence-corrected chi connectivity index (χ2v) is 6.72. The number of hydrogen-bond acceptors (Lipinski definition) is 6. The van der Waals surface area contributed by atoms with E-state index in [1.807, 2.05) is 37.4 Å². The van der Waals surface area contributed by atoms with E-state index < -0.39 is 0 Å². The Labute approximate surface area is 160 Å². The van der Waals surface area contributed by atoms with Crippen LogP contribution in [-0.4, -0.2) is 49.7 Å². The van der Waals surface area contributed by atoms with Crippen molar-refractivity contribution in [3.63, 3.8) is 0 Å². The highest BCUT2D eigenvalue weighted by atomic mass is 16.5. The molecule has 0 saturated carbocycles. The number of methoxy groups -OCH3 is 1. The number of benzene rings is 2. The summed E-state index contributed by atoms with van der Waals surface area (Å²) in [5, 5.41) is 7.60. The van der Waals surface area contributed by atoms with Gasteiger partial charge in [0.2, 0.25) is 5.95 Å². The van der Waals surface area contributed by atoms with Crippen LogP contribution in [0.1, 0.15) is 12.0 Å². The van der Waals surface area contributed by atoms with E-state index >= 15 is 0 Å². The Morgan fingerprint density at radius 3 is 2.48 bits per heavy atom. The van der Waals surface area contributed by atoms with Gasteiger partial charge in [-0.05, 0) is 69.4 Å². The van der Waals surface area contributed by atoms with Crippen LogP contribution in [0.25, 0.3) is 10.9 Å². The predicted molar refractivity (Wildman–Crippen MR) is 112 cm³/mol. The summed E-state index contributed by atoms with van der Waals surface area (Å²) in [6.45, 7) is 1.06. The van der Waals surface area contributed by atoms with Crippen LogP contribution in [0.15, 0.2) is 42.5 Å². The Morgan fingerprint density at radius 1 is 1.04 bits per heavy atom. The minimum absolute atomic E-state index is 0.572. The van der Waals surface area contributed by atoms with E-state index in [2.05, 4.69) is 46.7 Å². The second kappa shape index (κ2) is 8.68. The number of fused-ring (bicyclic) bond motifs is 1. The highest BCUT2D eigenvalue weighted by molar-refractivity contribution is 5.93. The van der Waals surface area contributed by atoms with Crippen molar-refractivity contribution in [1.82, 2.24) is 14.9 Å². The van der Waals surface area contributed by atoms with Gasteiger partial charge in [-0.15, -0.1) is 0 Å². The number of nitrogens with zero attached hydrogens (tertiary/aromatic N) is 3. The van der Waals surface area contributed by atoms with Gasteiger partial charge in [-0.25, -0.2) is 4.98 Å². The molecule has 0 aliphatic heterocycles. The van der Waals surface area contributed by atoms with E-state index in [0.29, 0.717) is 5.95 Å². The quantitative estimate of drug-likeness (QED) is 0.631. The Hall–Kier alpha value is -2.86. The summed E-state index contributed by atoms with van der Waals surface area (Å²) in [7, 11) is 7.75. The van der Waals surface area contributed by atoms with Gasteiger partial charge in [0.25, 0.3) is 0 Å². The number of aryl methyl sites for hydroxylation is 1. The number of anilines is 3. The van der Waals surface area contributed by atoms with E-state index in [4.69, 9.17) is 9.72 Å². The monoisotopic (exact) mass is 365 g/mol. The summed E-state index contributed by atoms with van der Waals surface area (Å²) >= 11 is 0. The normalized spacial score (nSPS) is 11.0. The lowest BCUT2D eigenvalue weighted by molar-refractivity contribution is 0.400. The third-order valence-electron chi connectivity index (χ3n) is 4.44. The SMILES string of the molecule is CNc1nc(Nc2ccc(OC)cc2)nc2cccc(CCCN(C)C)c12. The maximum atomic E-state index is 5.20. The highest BCUT2D eigenvalue weighted by Gasteiger charge is 2.11. The summed E-state index contributed by atoms with van der Waals surface area (Å²) < 4.78 is 5.20. The van der Waals surface area contributed by atoms with Crippen molar-refractivity contribution in [2.45, 2.75) is 12.8 Å². The molecule has 0 aliphatic rings. The zero-order chi connectivity index (χ0) is 19.2. The van der Waals surface area contributed by atoms with Crippen molar-refractivity contribution in [2.75, 3.05) is 45.4 Å². The molecule has 0 fully saturated rings. The molecule has 0 bridgehead atoms. The molecule has 0 amide bonds. The Balaban J connectivity index is 1.90. The van der Waals surface area contributed by atoms with E-state index in [-0.39, 0.29) is 0 Å². The highest BCUT2D eigenvalue weighted by Crippen LogP contribution is 2.28. The largest absolute Gasteiger partial charge is 0.497 e. The lowest BCUT2D eigenvalue weighted by Crippen LogP contribution is -2.13. The van der Waals surface area contributed by atoms with Gasteiger partial charge in [-0.1, -0.05) is 12.1 Å². The molecule has 2 N–H and O–H groups in total. The molecular weight excluding hydrogens is 338 g/mol. The van der Waals surface area contributed by atoms with Crippen molar-refractivity contribution in [3.8, 4) is 5.75 Å². The van der Waals surface area contributed by atoms with Crippen LogP contribution in [0.4, 0.5) is 17.5 Å². The number of aromatic nitrogens is 2. The standard InChI is InChI=1S/C21H27N5O/c1-22-20-19-15(8-6-14-26(2)3)7-5-9-18(19)24-21(25-20)23-16-10-12-17(27-4)13-11-16/h5,7,9-13H,6,8,14H2,1-4H3,(H2,22,23,24,25). The van der Waals surface area contributed by atoms with Gasteiger partial charge in [0, 0.05) is 18.1 Å². The third-order valence-corrected chi connectivity index (χ3v) is 4.44. The van der Waals surface area contributed by atoms with Crippen molar-refractivity contribution in [2.24, 2.45) is 0 Å². The number of rotatable bonds is 8. The molecule has 0 saturated heterocycles. The minimum atomic E-state index is 0.572. The van der Waals surface area contributed by atoms with E-state index in [0.717, 1.165) is 47.5 Å². The van der Waals surface area contributed by atoms with Gasteiger partial charge < -0.3 is 20.3 Å². The van der Waals surface area contributed by atoms with Crippen molar-refractivity contribution >= 4 is 28.4 Å². The first-order valence-electron chi connectivity index (χ1n) is 9.14. The van der Waals surface area contributed by atoms with Crippen LogP contribution >= 0.6 is 0 Å². The number of hydrogen-bond donors (Lipinski definition) is 2. The molecule has 3 aromatic rings. The Bertz CT molecular complexity index is 893. The molecule has 3 rings (SSSR count). The van der Waals surface area contributed by atoms with E-state index in [9.17, 15) is 0 Å². The Morgan fingerprint density at radius 2 is 1.81 bits per heavy atom. The molecule has 0 spiro atoms. The van der Waals surface area contributed by atoms with Gasteiger partial charge in [0.05, 0.1) is 12.6 Å². The molecule has 1 aromatic heterocycles. The van der Waals surface area contributed by atoms with Crippen LogP contribution in [0.3, 0.4) is 0 Å². The van der Waals surface area contributed by atoms with Crippen LogP contribution in [0.5, 0.6) is 5.75 Å². The van der Waals surface area contributed by atoms with Crippen LogP contribution in [0.2, 0.25) is 0 Å². The third kappa shape index (κ3) is 4.65. The molecular formula is C21H27N5O. The lowest BCUT2D eigenvalue weighted by atomic mass is 10.0. The van der Waals surface area contributed by atoms with Crippen LogP contribution in [0, 0.1) is 0 Å². The number of ether oxygens (including phenoxy) is 1. The first kappa shape index (κ1) is 18.9. The van der Waals surface area contributed by atoms with E-state index in [1.165, 1.54) is 5.56 Å². The van der Waals surface area contributed by atoms with Gasteiger partial charge in [0.1, 0.15) is 11.6 Å². The summed E-state index contributed by atoms with van der Waals surface area (Å²) in [6.07, 6.45) is 2.10. The zero-order valence-electron chi connectivity index (χ0n) is 16.4. The van der Waals surface area contributed by atoms with Gasteiger partial charge in [-0.2, -0.15) is 4.98 Å². The van der Waals surface area contributed by atoms with Crippen LogP contribution in [-0.2, 0) is 6.42 Å². The molecule has 0 unspecified atom stereocenters. The summed E-state index contributed by atoms with van der Waals surface area (Å²) in [5.74, 6) is 2.23. The maximum absolute atomic E-state index is 5.20. The van der Waals surface area contributed by atoms with Gasteiger partial charge in [-0.3, -0.25) is 0 Å². The fourth-order valence-electron chi connectivity index (χ4n) is 3.09. The summed E-state index contributed by atoms with van der Waals surface area (Å²) in [6, 6.07) is 14.0. The zero-order valence-corrected chi connectivity index (χ0v) is 16.4. The minimum Gasteiger partial charge on any atom is -0.497 e. The van der Waals surface area contributed by atoms with Crippen molar-refractivity contribution < 1.29 is 4.74 Å². The van der Waals surface area contributed by atoms with Crippen molar-refractivity contribution in [3.05, 3.63) is 48.0 Å². The molecule has 6 nitrogen and oxygen atoms in total. The molecule has 6 heteroatoms. The average molecular weight is 365 g/mol. The molecule has 0 atom stereocenters.